The fraction of sp³-hybridized carbons (Fsp3) is 0.500. The molecule has 0 amide bonds. The molecule has 0 fully saturated rings. The number of rotatable bonds is 4. The third-order valence-corrected chi connectivity index (χ3v) is 1.67. The quantitative estimate of drug-likeness (QED) is 0.690. The summed E-state index contributed by atoms with van der Waals surface area (Å²) in [6, 6.07) is 0. The number of hydrogen-bond donors (Lipinski definition) is 1. The maximum Gasteiger partial charge on any atom is 0.325 e. The van der Waals surface area contributed by atoms with Crippen LogP contribution in [0.15, 0.2) is 12.4 Å². The molecule has 0 saturated carbocycles. The third kappa shape index (κ3) is 2.47. The molecule has 13 heavy (non-hydrogen) atoms. The van der Waals surface area contributed by atoms with Crippen molar-refractivity contribution in [3.63, 3.8) is 0 Å². The molecule has 0 bridgehead atoms. The Bertz CT molecular complexity index is 283. The van der Waals surface area contributed by atoms with Crippen LogP contribution in [0, 0.1) is 0 Å². The lowest BCUT2D eigenvalue weighted by Crippen LogP contribution is -2.17. The van der Waals surface area contributed by atoms with E-state index >= 15 is 0 Å². The number of anilines is 1. The molecule has 0 unspecified atom stereocenters. The second kappa shape index (κ2) is 4.49. The second-order valence-electron chi connectivity index (χ2n) is 2.47. The van der Waals surface area contributed by atoms with Gasteiger partial charge in [-0.15, -0.1) is 0 Å². The molecule has 0 spiro atoms. The fourth-order valence-corrected chi connectivity index (χ4v) is 0.955. The van der Waals surface area contributed by atoms with Crippen LogP contribution < -0.4 is 5.32 Å². The van der Waals surface area contributed by atoms with Crippen LogP contribution in [0.5, 0.6) is 0 Å². The van der Waals surface area contributed by atoms with Crippen LogP contribution in [0.4, 0.5) is 5.95 Å². The minimum atomic E-state index is -0.300. The molecule has 0 saturated heterocycles. The topological polar surface area (TPSA) is 56.2 Å². The number of carbonyl (C=O) groups is 1. The van der Waals surface area contributed by atoms with E-state index in [0.717, 1.165) is 6.54 Å². The molecule has 1 rings (SSSR count). The molecule has 5 nitrogen and oxygen atoms in total. The summed E-state index contributed by atoms with van der Waals surface area (Å²) in [5.74, 6) is 0.388. The summed E-state index contributed by atoms with van der Waals surface area (Å²) in [6.45, 7) is 2.97. The smallest absolute Gasteiger partial charge is 0.325 e. The van der Waals surface area contributed by atoms with E-state index in [1.807, 2.05) is 17.7 Å². The Morgan fingerprint density at radius 1 is 1.77 bits per heavy atom. The number of aromatic nitrogens is 2. The monoisotopic (exact) mass is 183 g/mol. The Balaban J connectivity index is 2.49. The molecule has 72 valence electrons. The van der Waals surface area contributed by atoms with Gasteiger partial charge in [0.15, 0.2) is 0 Å². The summed E-state index contributed by atoms with van der Waals surface area (Å²) in [5, 5.41) is 2.87. The van der Waals surface area contributed by atoms with Gasteiger partial charge in [0.05, 0.1) is 7.11 Å². The Labute approximate surface area is 76.7 Å². The first-order chi connectivity index (χ1) is 6.27. The first kappa shape index (κ1) is 9.57. The summed E-state index contributed by atoms with van der Waals surface area (Å²) < 4.78 is 6.39. The highest BCUT2D eigenvalue weighted by Crippen LogP contribution is 2.02. The highest BCUT2D eigenvalue weighted by molar-refractivity contribution is 5.74. The Morgan fingerprint density at radius 2 is 2.54 bits per heavy atom. The van der Waals surface area contributed by atoms with Gasteiger partial charge in [0.25, 0.3) is 0 Å². The van der Waals surface area contributed by atoms with Crippen LogP contribution in [0.25, 0.3) is 0 Å². The number of carbonyl (C=O) groups excluding carboxylic acids is 1. The predicted octanol–water partition coefficient (Wildman–Crippen LogP) is 0.488. The molecule has 0 aromatic carbocycles. The van der Waals surface area contributed by atoms with Crippen molar-refractivity contribution < 1.29 is 9.53 Å². The van der Waals surface area contributed by atoms with Gasteiger partial charge in [-0.2, -0.15) is 0 Å². The molecule has 0 atom stereocenters. The number of methoxy groups -OCH3 is 1. The van der Waals surface area contributed by atoms with E-state index < -0.39 is 0 Å². The van der Waals surface area contributed by atoms with Gasteiger partial charge in [0, 0.05) is 18.9 Å². The summed E-state index contributed by atoms with van der Waals surface area (Å²) in [6.07, 6.45) is 3.53. The van der Waals surface area contributed by atoms with Crippen LogP contribution in [0.2, 0.25) is 0 Å². The van der Waals surface area contributed by atoms with Gasteiger partial charge in [0.1, 0.15) is 6.54 Å². The average Bonchev–Trinajstić information content (AvgIpc) is 2.61. The Kier molecular flexibility index (Phi) is 3.31. The lowest BCUT2D eigenvalue weighted by molar-refractivity contribution is -0.138. The standard InChI is InChI=1S/C8H13N3O2/c1-3-11-5-4-9-8(11)10-6-7(12)13-2/h4-5H,3,6H2,1-2H3,(H,9,10). The van der Waals surface area contributed by atoms with Gasteiger partial charge in [-0.1, -0.05) is 0 Å². The van der Waals surface area contributed by atoms with Crippen molar-refractivity contribution >= 4 is 11.9 Å². The van der Waals surface area contributed by atoms with Crippen molar-refractivity contribution in [2.45, 2.75) is 13.5 Å². The molecular formula is C8H13N3O2. The summed E-state index contributed by atoms with van der Waals surface area (Å²) in [4.78, 5) is 14.8. The number of ether oxygens (including phenoxy) is 1. The zero-order chi connectivity index (χ0) is 9.68. The summed E-state index contributed by atoms with van der Waals surface area (Å²) in [7, 11) is 1.36. The van der Waals surface area contributed by atoms with Crippen LogP contribution in [0.1, 0.15) is 6.92 Å². The van der Waals surface area contributed by atoms with Gasteiger partial charge in [-0.25, -0.2) is 4.98 Å². The fourth-order valence-electron chi connectivity index (χ4n) is 0.955. The molecular weight excluding hydrogens is 170 g/mol. The van der Waals surface area contributed by atoms with Crippen molar-refractivity contribution in [2.24, 2.45) is 0 Å². The van der Waals surface area contributed by atoms with Crippen molar-refractivity contribution in [1.82, 2.24) is 9.55 Å². The molecule has 0 radical (unpaired) electrons. The van der Waals surface area contributed by atoms with E-state index in [2.05, 4.69) is 15.0 Å². The minimum Gasteiger partial charge on any atom is -0.468 e. The first-order valence-corrected chi connectivity index (χ1v) is 4.09. The molecule has 1 aromatic rings. The van der Waals surface area contributed by atoms with Gasteiger partial charge in [0.2, 0.25) is 5.95 Å². The van der Waals surface area contributed by atoms with Crippen molar-refractivity contribution in [3.05, 3.63) is 12.4 Å². The van der Waals surface area contributed by atoms with E-state index in [1.54, 1.807) is 6.20 Å². The largest absolute Gasteiger partial charge is 0.468 e. The number of nitrogens with one attached hydrogen (secondary N) is 1. The minimum absolute atomic E-state index is 0.146. The molecule has 5 heteroatoms. The SMILES string of the molecule is CCn1ccnc1NCC(=O)OC. The number of hydrogen-bond acceptors (Lipinski definition) is 4. The summed E-state index contributed by atoms with van der Waals surface area (Å²) >= 11 is 0. The maximum absolute atomic E-state index is 10.8. The Morgan fingerprint density at radius 3 is 3.15 bits per heavy atom. The number of aryl methyl sites for hydroxylation is 1. The van der Waals surface area contributed by atoms with E-state index in [-0.39, 0.29) is 12.5 Å². The van der Waals surface area contributed by atoms with Crippen LogP contribution >= 0.6 is 0 Å². The molecule has 1 N–H and O–H groups in total. The van der Waals surface area contributed by atoms with Gasteiger partial charge >= 0.3 is 5.97 Å². The van der Waals surface area contributed by atoms with Gasteiger partial charge in [-0.3, -0.25) is 4.79 Å². The van der Waals surface area contributed by atoms with Crippen LogP contribution in [-0.4, -0.2) is 29.2 Å². The van der Waals surface area contributed by atoms with Gasteiger partial charge in [-0.05, 0) is 6.92 Å². The van der Waals surface area contributed by atoms with E-state index in [1.165, 1.54) is 7.11 Å². The lowest BCUT2D eigenvalue weighted by Gasteiger charge is -2.05. The average molecular weight is 183 g/mol. The maximum atomic E-state index is 10.8. The molecule has 0 aliphatic heterocycles. The molecule has 0 aliphatic carbocycles. The summed E-state index contributed by atoms with van der Waals surface area (Å²) in [5.41, 5.74) is 0. The van der Waals surface area contributed by atoms with E-state index in [4.69, 9.17) is 0 Å². The molecule has 1 heterocycles. The van der Waals surface area contributed by atoms with Crippen molar-refractivity contribution in [2.75, 3.05) is 19.0 Å². The van der Waals surface area contributed by atoms with Crippen molar-refractivity contribution in [1.29, 1.82) is 0 Å². The number of esters is 1. The lowest BCUT2D eigenvalue weighted by atomic mass is 10.6. The predicted molar refractivity (Wildman–Crippen MR) is 48.4 cm³/mol. The zero-order valence-corrected chi connectivity index (χ0v) is 7.78. The van der Waals surface area contributed by atoms with Crippen molar-refractivity contribution in [3.8, 4) is 0 Å². The van der Waals surface area contributed by atoms with Crippen LogP contribution in [-0.2, 0) is 16.1 Å². The third-order valence-electron chi connectivity index (χ3n) is 1.67. The van der Waals surface area contributed by atoms with Gasteiger partial charge < -0.3 is 14.6 Å². The normalized spacial score (nSPS) is 9.69. The number of imidazole rings is 1. The highest BCUT2D eigenvalue weighted by Gasteiger charge is 2.03. The zero-order valence-electron chi connectivity index (χ0n) is 7.78. The first-order valence-electron chi connectivity index (χ1n) is 4.09. The molecule has 1 aromatic heterocycles. The highest BCUT2D eigenvalue weighted by atomic mass is 16.5. The molecule has 0 aliphatic rings. The van der Waals surface area contributed by atoms with E-state index in [9.17, 15) is 4.79 Å². The van der Waals surface area contributed by atoms with E-state index in [0.29, 0.717) is 5.95 Å². The second-order valence-corrected chi connectivity index (χ2v) is 2.47. The number of nitrogens with zero attached hydrogens (tertiary/aromatic N) is 2. The Hall–Kier alpha value is -1.52. The van der Waals surface area contributed by atoms with Crippen LogP contribution in [0.3, 0.4) is 0 Å².